The maximum Gasteiger partial charge on any atom is 0.266 e. The number of hydrogen-bond acceptors (Lipinski definition) is 3. The lowest BCUT2D eigenvalue weighted by Crippen LogP contribution is -2.39. The summed E-state index contributed by atoms with van der Waals surface area (Å²) in [5.41, 5.74) is 4.11. The van der Waals surface area contributed by atoms with Gasteiger partial charge in [0.15, 0.2) is 29.1 Å². The molecule has 1 aromatic heterocycles. The van der Waals surface area contributed by atoms with Crippen LogP contribution in [0.1, 0.15) is 64.4 Å². The van der Waals surface area contributed by atoms with Gasteiger partial charge in [-0.25, -0.2) is 9.13 Å². The lowest BCUT2D eigenvalue weighted by atomic mass is 9.84. The van der Waals surface area contributed by atoms with Gasteiger partial charge in [-0.05, 0) is 43.2 Å². The number of aryl methyl sites for hydroxylation is 1. The van der Waals surface area contributed by atoms with E-state index in [1.165, 1.54) is 19.3 Å². The van der Waals surface area contributed by atoms with Crippen LogP contribution in [-0.2, 0) is 17.9 Å². The van der Waals surface area contributed by atoms with Crippen LogP contribution in [0.15, 0.2) is 73.1 Å². The largest absolute Gasteiger partial charge is 0.323 e. The molecule has 0 bridgehead atoms. The maximum absolute atomic E-state index is 13.0. The van der Waals surface area contributed by atoms with Gasteiger partial charge in [0, 0.05) is 27.9 Å². The fourth-order valence-electron chi connectivity index (χ4n) is 4.79. The first-order valence-corrected chi connectivity index (χ1v) is 12.2. The molecular weight excluding hydrogens is 438 g/mol. The van der Waals surface area contributed by atoms with E-state index in [1.54, 1.807) is 42.5 Å². The van der Waals surface area contributed by atoms with Gasteiger partial charge in [0.2, 0.25) is 6.33 Å². The van der Waals surface area contributed by atoms with E-state index in [0.717, 1.165) is 24.0 Å². The average Bonchev–Trinajstić information content (AvgIpc) is 3.22. The average molecular weight is 467 g/mol. The molecule has 0 saturated carbocycles. The van der Waals surface area contributed by atoms with Gasteiger partial charge in [-0.3, -0.25) is 14.4 Å². The lowest BCUT2D eigenvalue weighted by Gasteiger charge is -2.18. The highest BCUT2D eigenvalue weighted by atomic mass is 16.2. The van der Waals surface area contributed by atoms with Crippen LogP contribution in [0, 0.1) is 0 Å². The van der Waals surface area contributed by atoms with Crippen molar-refractivity contribution in [3.8, 4) is 0 Å². The number of carbonyl (C=O) groups excluding carboxylic acids is 3. The molecule has 35 heavy (non-hydrogen) atoms. The number of amides is 1. The molecule has 0 saturated heterocycles. The number of anilines is 1. The fourth-order valence-corrected chi connectivity index (χ4v) is 4.79. The summed E-state index contributed by atoms with van der Waals surface area (Å²) in [6, 6.07) is 19.8. The topological polar surface area (TPSA) is 72.0 Å². The molecule has 6 nitrogen and oxygen atoms in total. The van der Waals surface area contributed by atoms with Crippen LogP contribution in [0.4, 0.5) is 5.69 Å². The molecule has 1 aliphatic rings. The molecule has 176 valence electrons. The second-order valence-electron chi connectivity index (χ2n) is 9.00. The van der Waals surface area contributed by atoms with Crippen molar-refractivity contribution in [2.75, 3.05) is 5.32 Å². The lowest BCUT2D eigenvalue weighted by molar-refractivity contribution is -0.658. The van der Waals surface area contributed by atoms with E-state index in [0.29, 0.717) is 27.9 Å². The summed E-state index contributed by atoms with van der Waals surface area (Å²) in [7, 11) is 0. The summed E-state index contributed by atoms with van der Waals surface area (Å²) >= 11 is 0. The molecule has 0 fully saturated rings. The van der Waals surface area contributed by atoms with Crippen molar-refractivity contribution >= 4 is 34.2 Å². The zero-order chi connectivity index (χ0) is 24.4. The molecule has 0 atom stereocenters. The molecule has 1 amide bonds. The summed E-state index contributed by atoms with van der Waals surface area (Å²) < 4.78 is 4.16. The SMILES string of the molecule is CCCCCCn1c[n+](CC(=O)Nc2ccc3c(c2)C(=O)c2ccccc2C3=O)c2ccccc21. The van der Waals surface area contributed by atoms with Crippen molar-refractivity contribution in [2.24, 2.45) is 0 Å². The molecular formula is C29H28N3O3+. The second kappa shape index (κ2) is 9.66. The summed E-state index contributed by atoms with van der Waals surface area (Å²) in [6.45, 7) is 3.26. The number of nitrogens with zero attached hydrogens (tertiary/aromatic N) is 2. The molecule has 5 rings (SSSR count). The third-order valence-corrected chi connectivity index (χ3v) is 6.55. The molecule has 1 N–H and O–H groups in total. The number of hydrogen-bond donors (Lipinski definition) is 1. The van der Waals surface area contributed by atoms with Crippen molar-refractivity contribution in [2.45, 2.75) is 45.7 Å². The standard InChI is InChI=1S/C29H27N3O3/c1-2-3-4-9-16-31-19-32(26-13-8-7-12-25(26)31)18-27(33)30-20-14-15-23-24(17-20)29(35)22-11-6-5-10-21(22)28(23)34/h5-8,10-15,17,19H,2-4,9,16,18H2,1H3/p+1. The number of benzene rings is 3. The first kappa shape index (κ1) is 22.7. The van der Waals surface area contributed by atoms with Crippen molar-refractivity contribution in [1.29, 1.82) is 0 Å². The van der Waals surface area contributed by atoms with Crippen molar-refractivity contribution < 1.29 is 19.0 Å². The summed E-state index contributed by atoms with van der Waals surface area (Å²) in [5.74, 6) is -0.569. The maximum atomic E-state index is 13.0. The Labute approximate surface area is 204 Å². The van der Waals surface area contributed by atoms with Crippen LogP contribution >= 0.6 is 0 Å². The zero-order valence-electron chi connectivity index (χ0n) is 19.8. The summed E-state index contributed by atoms with van der Waals surface area (Å²) in [4.78, 5) is 38.8. The zero-order valence-corrected chi connectivity index (χ0v) is 19.8. The number of carbonyl (C=O) groups is 3. The second-order valence-corrected chi connectivity index (χ2v) is 9.00. The van der Waals surface area contributed by atoms with Gasteiger partial charge < -0.3 is 5.32 Å². The van der Waals surface area contributed by atoms with Gasteiger partial charge in [-0.1, -0.05) is 56.2 Å². The Kier molecular flexibility index (Phi) is 6.27. The van der Waals surface area contributed by atoms with Gasteiger partial charge in [-0.2, -0.15) is 0 Å². The smallest absolute Gasteiger partial charge is 0.266 e. The number of nitrogens with one attached hydrogen (secondary N) is 1. The van der Waals surface area contributed by atoms with Gasteiger partial charge in [0.05, 0.1) is 6.54 Å². The molecule has 0 spiro atoms. The van der Waals surface area contributed by atoms with E-state index in [2.05, 4.69) is 22.9 Å². The third-order valence-electron chi connectivity index (χ3n) is 6.55. The number of para-hydroxylation sites is 2. The molecule has 0 radical (unpaired) electrons. The van der Waals surface area contributed by atoms with Crippen LogP contribution in [-0.4, -0.2) is 22.0 Å². The minimum Gasteiger partial charge on any atom is -0.323 e. The Morgan fingerprint density at radius 3 is 2.29 bits per heavy atom. The first-order valence-electron chi connectivity index (χ1n) is 12.2. The molecule has 0 aliphatic heterocycles. The van der Waals surface area contributed by atoms with Crippen LogP contribution in [0.3, 0.4) is 0 Å². The van der Waals surface area contributed by atoms with Crippen LogP contribution in [0.2, 0.25) is 0 Å². The number of ketones is 2. The highest BCUT2D eigenvalue weighted by molar-refractivity contribution is 6.28. The Balaban J connectivity index is 1.34. The number of imidazole rings is 1. The van der Waals surface area contributed by atoms with E-state index in [9.17, 15) is 14.4 Å². The van der Waals surface area contributed by atoms with Crippen molar-refractivity contribution in [3.05, 3.63) is 95.3 Å². The van der Waals surface area contributed by atoms with Crippen LogP contribution in [0.5, 0.6) is 0 Å². The first-order chi connectivity index (χ1) is 17.1. The number of unbranched alkanes of at least 4 members (excludes halogenated alkanes) is 3. The van der Waals surface area contributed by atoms with Crippen LogP contribution in [0.25, 0.3) is 11.0 Å². The van der Waals surface area contributed by atoms with Gasteiger partial charge in [-0.15, -0.1) is 0 Å². The van der Waals surface area contributed by atoms with E-state index in [4.69, 9.17) is 0 Å². The monoisotopic (exact) mass is 466 g/mol. The Morgan fingerprint density at radius 2 is 1.51 bits per heavy atom. The van der Waals surface area contributed by atoms with Crippen molar-refractivity contribution in [1.82, 2.24) is 4.57 Å². The summed E-state index contributed by atoms with van der Waals surface area (Å²) in [5, 5.41) is 2.90. The highest BCUT2D eigenvalue weighted by Crippen LogP contribution is 2.29. The van der Waals surface area contributed by atoms with Gasteiger partial charge in [0.25, 0.3) is 5.91 Å². The molecule has 0 unspecified atom stereocenters. The quantitative estimate of drug-likeness (QED) is 0.261. The number of aromatic nitrogens is 2. The highest BCUT2D eigenvalue weighted by Gasteiger charge is 2.29. The minimum atomic E-state index is -0.202. The Morgan fingerprint density at radius 1 is 0.829 bits per heavy atom. The normalized spacial score (nSPS) is 12.5. The Bertz CT molecular complexity index is 1450. The number of fused-ring (bicyclic) bond motifs is 3. The summed E-state index contributed by atoms with van der Waals surface area (Å²) in [6.07, 6.45) is 6.71. The third kappa shape index (κ3) is 4.39. The minimum absolute atomic E-state index is 0.148. The molecule has 3 aromatic carbocycles. The van der Waals surface area contributed by atoms with Gasteiger partial charge >= 0.3 is 0 Å². The number of rotatable bonds is 8. The Hall–Kier alpha value is -4.06. The van der Waals surface area contributed by atoms with E-state index < -0.39 is 0 Å². The van der Waals surface area contributed by atoms with E-state index in [1.807, 2.05) is 29.1 Å². The fraction of sp³-hybridized carbons (Fsp3) is 0.241. The predicted molar refractivity (Wildman–Crippen MR) is 135 cm³/mol. The van der Waals surface area contributed by atoms with Crippen molar-refractivity contribution in [3.63, 3.8) is 0 Å². The van der Waals surface area contributed by atoms with E-state index >= 15 is 0 Å². The van der Waals surface area contributed by atoms with Gasteiger partial charge in [0.1, 0.15) is 0 Å². The predicted octanol–water partition coefficient (Wildman–Crippen LogP) is 4.92. The van der Waals surface area contributed by atoms with Crippen LogP contribution < -0.4 is 9.88 Å². The molecule has 6 heteroatoms. The molecule has 1 heterocycles. The van der Waals surface area contributed by atoms with E-state index in [-0.39, 0.29) is 24.0 Å². The molecule has 4 aromatic rings. The molecule has 1 aliphatic carbocycles.